The van der Waals surface area contributed by atoms with Crippen molar-refractivity contribution < 1.29 is 9.59 Å². The number of nitrogens with one attached hydrogen (secondary N) is 2. The van der Waals surface area contributed by atoms with E-state index in [2.05, 4.69) is 15.8 Å². The largest absolute Gasteiger partial charge is 0.321 e. The van der Waals surface area contributed by atoms with E-state index >= 15 is 0 Å². The highest BCUT2D eigenvalue weighted by Crippen LogP contribution is 2.16. The van der Waals surface area contributed by atoms with Crippen molar-refractivity contribution in [2.24, 2.45) is 5.10 Å². The summed E-state index contributed by atoms with van der Waals surface area (Å²) in [4.78, 5) is 24.7. The van der Waals surface area contributed by atoms with Crippen LogP contribution in [0.15, 0.2) is 90.0 Å². The molecular weight excluding hydrogens is 326 g/mol. The number of carbonyl (C=O) groups excluding carboxylic acids is 2. The molecule has 3 aromatic carbocycles. The molecule has 0 aromatic heterocycles. The number of amides is 2. The molecule has 0 fully saturated rings. The monoisotopic (exact) mass is 343 g/mol. The predicted octanol–water partition coefficient (Wildman–Crippen LogP) is 3.70. The van der Waals surface area contributed by atoms with E-state index in [-0.39, 0.29) is 5.91 Å². The average molecular weight is 343 g/mol. The zero-order valence-corrected chi connectivity index (χ0v) is 13.9. The summed E-state index contributed by atoms with van der Waals surface area (Å²) in [5.41, 5.74) is 4.63. The first-order valence-corrected chi connectivity index (χ1v) is 8.08. The molecule has 0 aliphatic rings. The summed E-state index contributed by atoms with van der Waals surface area (Å²) in [7, 11) is 0. The van der Waals surface area contributed by atoms with Crippen LogP contribution in [0.25, 0.3) is 0 Å². The second-order valence-electron chi connectivity index (χ2n) is 5.48. The quantitative estimate of drug-likeness (QED) is 0.548. The van der Waals surface area contributed by atoms with E-state index in [0.29, 0.717) is 16.8 Å². The number of para-hydroxylation sites is 1. The van der Waals surface area contributed by atoms with E-state index < -0.39 is 5.91 Å². The van der Waals surface area contributed by atoms with Crippen LogP contribution < -0.4 is 10.7 Å². The van der Waals surface area contributed by atoms with Gasteiger partial charge in [0.1, 0.15) is 0 Å². The highest BCUT2D eigenvalue weighted by atomic mass is 16.2. The normalized spacial score (nSPS) is 10.5. The molecular formula is C21H17N3O2. The molecule has 0 saturated carbocycles. The van der Waals surface area contributed by atoms with Gasteiger partial charge in [0.25, 0.3) is 11.8 Å². The van der Waals surface area contributed by atoms with Crippen LogP contribution in [0.4, 0.5) is 5.69 Å². The molecule has 2 amide bonds. The number of carbonyl (C=O) groups is 2. The van der Waals surface area contributed by atoms with E-state index in [4.69, 9.17) is 0 Å². The number of hydrogen-bond donors (Lipinski definition) is 2. The minimum atomic E-state index is -0.402. The molecule has 0 bridgehead atoms. The van der Waals surface area contributed by atoms with Gasteiger partial charge in [-0.25, -0.2) is 5.43 Å². The third-order valence-electron chi connectivity index (χ3n) is 3.64. The standard InChI is InChI=1S/C21H17N3O2/c25-20(17-11-5-2-6-12-17)23-19-14-8-7-13-18(19)21(26)24-22-15-16-9-3-1-4-10-16/h1-15H,(H,23,25)(H,24,26)/b22-15+. The van der Waals surface area contributed by atoms with Crippen molar-refractivity contribution in [3.63, 3.8) is 0 Å². The zero-order chi connectivity index (χ0) is 18.2. The van der Waals surface area contributed by atoms with Gasteiger partial charge >= 0.3 is 0 Å². The van der Waals surface area contributed by atoms with Crippen molar-refractivity contribution in [2.75, 3.05) is 5.32 Å². The van der Waals surface area contributed by atoms with Gasteiger partial charge in [-0.05, 0) is 29.8 Å². The maximum atomic E-state index is 12.4. The first-order chi connectivity index (χ1) is 12.7. The lowest BCUT2D eigenvalue weighted by molar-refractivity contribution is 0.0956. The SMILES string of the molecule is O=C(Nc1ccccc1C(=O)N/N=C/c1ccccc1)c1ccccc1. The first-order valence-electron chi connectivity index (χ1n) is 8.08. The molecule has 128 valence electrons. The van der Waals surface area contributed by atoms with Crippen LogP contribution in [0.3, 0.4) is 0 Å². The molecule has 2 N–H and O–H groups in total. The van der Waals surface area contributed by atoms with Gasteiger partial charge in [0.05, 0.1) is 17.5 Å². The van der Waals surface area contributed by atoms with Crippen molar-refractivity contribution in [2.45, 2.75) is 0 Å². The average Bonchev–Trinajstić information content (AvgIpc) is 2.70. The van der Waals surface area contributed by atoms with Gasteiger partial charge in [-0.3, -0.25) is 9.59 Å². The summed E-state index contributed by atoms with van der Waals surface area (Å²) in [6.07, 6.45) is 1.56. The zero-order valence-electron chi connectivity index (χ0n) is 13.9. The lowest BCUT2D eigenvalue weighted by Gasteiger charge is -2.10. The second-order valence-corrected chi connectivity index (χ2v) is 5.48. The van der Waals surface area contributed by atoms with Gasteiger partial charge in [-0.1, -0.05) is 60.7 Å². The Morgan fingerprint density at radius 1 is 0.731 bits per heavy atom. The molecule has 0 saturated heterocycles. The molecule has 0 spiro atoms. The summed E-state index contributed by atoms with van der Waals surface area (Å²) in [6, 6.07) is 25.1. The third kappa shape index (κ3) is 4.42. The van der Waals surface area contributed by atoms with Crippen molar-refractivity contribution in [3.05, 3.63) is 102 Å². The minimum absolute atomic E-state index is 0.279. The number of anilines is 1. The Morgan fingerprint density at radius 3 is 2.08 bits per heavy atom. The van der Waals surface area contributed by atoms with E-state index in [1.54, 1.807) is 54.7 Å². The van der Waals surface area contributed by atoms with Gasteiger partial charge in [-0.2, -0.15) is 5.10 Å². The molecule has 0 aliphatic heterocycles. The maximum Gasteiger partial charge on any atom is 0.273 e. The van der Waals surface area contributed by atoms with Gasteiger partial charge in [0, 0.05) is 5.56 Å². The van der Waals surface area contributed by atoms with Crippen LogP contribution in [0, 0.1) is 0 Å². The first kappa shape index (κ1) is 17.1. The lowest BCUT2D eigenvalue weighted by Crippen LogP contribution is -2.21. The fraction of sp³-hybridized carbons (Fsp3) is 0. The van der Waals surface area contributed by atoms with E-state index in [1.165, 1.54) is 0 Å². The maximum absolute atomic E-state index is 12.4. The van der Waals surface area contributed by atoms with Gasteiger partial charge in [0.2, 0.25) is 0 Å². The number of benzene rings is 3. The molecule has 0 aliphatic carbocycles. The van der Waals surface area contributed by atoms with Crippen molar-refractivity contribution >= 4 is 23.7 Å². The molecule has 3 rings (SSSR count). The number of nitrogens with zero attached hydrogens (tertiary/aromatic N) is 1. The van der Waals surface area contributed by atoms with Gasteiger partial charge in [0.15, 0.2) is 0 Å². The fourth-order valence-electron chi connectivity index (χ4n) is 2.34. The van der Waals surface area contributed by atoms with E-state index in [9.17, 15) is 9.59 Å². The molecule has 5 heteroatoms. The summed E-state index contributed by atoms with van der Waals surface area (Å²) in [5, 5.41) is 6.72. The van der Waals surface area contributed by atoms with Crippen LogP contribution in [-0.2, 0) is 0 Å². The Balaban J connectivity index is 1.71. The Morgan fingerprint density at radius 2 is 1.35 bits per heavy atom. The summed E-state index contributed by atoms with van der Waals surface area (Å²) < 4.78 is 0. The summed E-state index contributed by atoms with van der Waals surface area (Å²) in [5.74, 6) is -0.681. The Kier molecular flexibility index (Phi) is 5.52. The summed E-state index contributed by atoms with van der Waals surface area (Å²) in [6.45, 7) is 0. The molecule has 0 heterocycles. The molecule has 3 aromatic rings. The molecule has 0 radical (unpaired) electrons. The highest BCUT2D eigenvalue weighted by molar-refractivity contribution is 6.09. The van der Waals surface area contributed by atoms with Crippen molar-refractivity contribution in [1.82, 2.24) is 5.43 Å². The topological polar surface area (TPSA) is 70.6 Å². The van der Waals surface area contributed by atoms with Crippen LogP contribution >= 0.6 is 0 Å². The van der Waals surface area contributed by atoms with Crippen LogP contribution in [0.5, 0.6) is 0 Å². The van der Waals surface area contributed by atoms with Gasteiger partial charge in [-0.15, -0.1) is 0 Å². The molecule has 5 nitrogen and oxygen atoms in total. The smallest absolute Gasteiger partial charge is 0.273 e. The highest BCUT2D eigenvalue weighted by Gasteiger charge is 2.13. The molecule has 0 unspecified atom stereocenters. The predicted molar refractivity (Wildman–Crippen MR) is 102 cm³/mol. The lowest BCUT2D eigenvalue weighted by atomic mass is 10.1. The fourth-order valence-corrected chi connectivity index (χ4v) is 2.34. The second kappa shape index (κ2) is 8.39. The Bertz CT molecular complexity index is 922. The Labute approximate surface area is 151 Å². The molecule has 0 atom stereocenters. The number of hydrazone groups is 1. The van der Waals surface area contributed by atoms with Gasteiger partial charge < -0.3 is 5.32 Å². The van der Waals surface area contributed by atoms with E-state index in [1.807, 2.05) is 36.4 Å². The van der Waals surface area contributed by atoms with Crippen LogP contribution in [0.1, 0.15) is 26.3 Å². The Hall–Kier alpha value is -3.73. The van der Waals surface area contributed by atoms with Crippen molar-refractivity contribution in [3.8, 4) is 0 Å². The third-order valence-corrected chi connectivity index (χ3v) is 3.64. The number of rotatable bonds is 5. The van der Waals surface area contributed by atoms with Crippen LogP contribution in [0.2, 0.25) is 0 Å². The van der Waals surface area contributed by atoms with Crippen LogP contribution in [-0.4, -0.2) is 18.0 Å². The minimum Gasteiger partial charge on any atom is -0.321 e. The summed E-state index contributed by atoms with van der Waals surface area (Å²) >= 11 is 0. The van der Waals surface area contributed by atoms with Crippen molar-refractivity contribution in [1.29, 1.82) is 0 Å². The number of hydrogen-bond acceptors (Lipinski definition) is 3. The van der Waals surface area contributed by atoms with E-state index in [0.717, 1.165) is 5.56 Å². The molecule has 26 heavy (non-hydrogen) atoms.